The summed E-state index contributed by atoms with van der Waals surface area (Å²) in [6.45, 7) is 13.6. The third kappa shape index (κ3) is 3.79. The van der Waals surface area contributed by atoms with Crippen LogP contribution in [-0.4, -0.2) is 11.6 Å². The first kappa shape index (κ1) is 12.5. The van der Waals surface area contributed by atoms with Gasteiger partial charge in [-0.05, 0) is 40.5 Å². The van der Waals surface area contributed by atoms with Gasteiger partial charge in [0.2, 0.25) is 0 Å². The molecule has 0 atom stereocenters. The summed E-state index contributed by atoms with van der Waals surface area (Å²) in [6, 6.07) is 0. The van der Waals surface area contributed by atoms with Gasteiger partial charge >= 0.3 is 5.97 Å². The number of ether oxygens (including phenoxy) is 1. The number of esters is 1. The van der Waals surface area contributed by atoms with Crippen molar-refractivity contribution in [2.24, 2.45) is 11.3 Å². The Balaban J connectivity index is 4.38. The Bertz CT molecular complexity index is 185. The normalized spacial score (nSPS) is 13.2. The minimum absolute atomic E-state index is 0.133. The van der Waals surface area contributed by atoms with E-state index in [1.807, 2.05) is 34.6 Å². The maximum Gasteiger partial charge on any atom is 0.311 e. The van der Waals surface area contributed by atoms with E-state index in [2.05, 4.69) is 13.8 Å². The number of hydrogen-bond acceptors (Lipinski definition) is 2. The summed E-state index contributed by atoms with van der Waals surface area (Å²) in [4.78, 5) is 11.6. The van der Waals surface area contributed by atoms with Crippen molar-refractivity contribution in [3.05, 3.63) is 0 Å². The second-order valence-electron chi connectivity index (χ2n) is 5.40. The van der Waals surface area contributed by atoms with E-state index in [0.717, 1.165) is 0 Å². The zero-order valence-corrected chi connectivity index (χ0v) is 9.89. The van der Waals surface area contributed by atoms with E-state index in [1.54, 1.807) is 0 Å². The molecule has 78 valence electrons. The second kappa shape index (κ2) is 3.69. The molecule has 0 saturated carbocycles. The molecule has 0 saturated heterocycles. The van der Waals surface area contributed by atoms with E-state index < -0.39 is 5.41 Å². The van der Waals surface area contributed by atoms with E-state index in [4.69, 9.17) is 4.74 Å². The Morgan fingerprint density at radius 1 is 1.08 bits per heavy atom. The van der Waals surface area contributed by atoms with Gasteiger partial charge in [-0.1, -0.05) is 13.8 Å². The van der Waals surface area contributed by atoms with Crippen LogP contribution in [-0.2, 0) is 9.53 Å². The summed E-state index contributed by atoms with van der Waals surface area (Å²) in [5.74, 6) is 0.199. The number of carbonyl (C=O) groups excluding carboxylic acids is 1. The fraction of sp³-hybridized carbons (Fsp3) is 0.909. The summed E-state index contributed by atoms with van der Waals surface area (Å²) in [5.41, 5.74) is -0.781. The van der Waals surface area contributed by atoms with E-state index in [-0.39, 0.29) is 11.6 Å². The standard InChI is InChI=1S/C11H22O2/c1-8(2)11(6,7)13-9(12)10(3,4)5/h8H,1-7H3. The van der Waals surface area contributed by atoms with Crippen LogP contribution in [0.1, 0.15) is 48.5 Å². The molecule has 0 fully saturated rings. The van der Waals surface area contributed by atoms with Crippen molar-refractivity contribution in [2.45, 2.75) is 54.1 Å². The van der Waals surface area contributed by atoms with Crippen molar-refractivity contribution in [2.75, 3.05) is 0 Å². The van der Waals surface area contributed by atoms with Crippen molar-refractivity contribution in [1.29, 1.82) is 0 Å². The van der Waals surface area contributed by atoms with E-state index >= 15 is 0 Å². The summed E-state index contributed by atoms with van der Waals surface area (Å²) >= 11 is 0. The average Bonchev–Trinajstić information content (AvgIpc) is 1.83. The van der Waals surface area contributed by atoms with Crippen LogP contribution in [0, 0.1) is 11.3 Å². The van der Waals surface area contributed by atoms with Gasteiger partial charge in [0.25, 0.3) is 0 Å². The lowest BCUT2D eigenvalue weighted by Crippen LogP contribution is -2.38. The van der Waals surface area contributed by atoms with Crippen molar-refractivity contribution in [1.82, 2.24) is 0 Å². The van der Waals surface area contributed by atoms with Gasteiger partial charge in [0.05, 0.1) is 5.41 Å². The van der Waals surface area contributed by atoms with Crippen molar-refractivity contribution < 1.29 is 9.53 Å². The summed E-state index contributed by atoms with van der Waals surface area (Å²) in [6.07, 6.45) is 0. The third-order valence-electron chi connectivity index (χ3n) is 2.36. The van der Waals surface area contributed by atoms with Crippen LogP contribution in [0.2, 0.25) is 0 Å². The van der Waals surface area contributed by atoms with Gasteiger partial charge in [-0.25, -0.2) is 0 Å². The van der Waals surface area contributed by atoms with E-state index in [0.29, 0.717) is 5.92 Å². The summed E-state index contributed by atoms with van der Waals surface area (Å²) < 4.78 is 5.42. The highest BCUT2D eigenvalue weighted by Gasteiger charge is 2.32. The Morgan fingerprint density at radius 3 is 1.69 bits per heavy atom. The molecule has 0 aromatic carbocycles. The van der Waals surface area contributed by atoms with Gasteiger partial charge in [-0.3, -0.25) is 4.79 Å². The number of hydrogen-bond donors (Lipinski definition) is 0. The topological polar surface area (TPSA) is 26.3 Å². The largest absolute Gasteiger partial charge is 0.459 e. The highest BCUT2D eigenvalue weighted by Crippen LogP contribution is 2.25. The molecule has 0 N–H and O–H groups in total. The van der Waals surface area contributed by atoms with Gasteiger partial charge in [0.1, 0.15) is 5.60 Å². The Kier molecular flexibility index (Phi) is 3.54. The van der Waals surface area contributed by atoms with E-state index in [9.17, 15) is 4.79 Å². The van der Waals surface area contributed by atoms with Gasteiger partial charge in [0.15, 0.2) is 0 Å². The Labute approximate surface area is 81.7 Å². The van der Waals surface area contributed by atoms with Crippen LogP contribution in [0.15, 0.2) is 0 Å². The Hall–Kier alpha value is -0.530. The summed E-state index contributed by atoms with van der Waals surface area (Å²) in [7, 11) is 0. The van der Waals surface area contributed by atoms with Crippen molar-refractivity contribution >= 4 is 5.97 Å². The third-order valence-corrected chi connectivity index (χ3v) is 2.36. The zero-order valence-electron chi connectivity index (χ0n) is 9.89. The maximum atomic E-state index is 11.6. The fourth-order valence-electron chi connectivity index (χ4n) is 0.510. The van der Waals surface area contributed by atoms with Crippen LogP contribution in [0.4, 0.5) is 0 Å². The van der Waals surface area contributed by atoms with Crippen LogP contribution < -0.4 is 0 Å². The molecule has 0 amide bonds. The average molecular weight is 186 g/mol. The molecule has 0 aliphatic carbocycles. The molecular formula is C11H22O2. The van der Waals surface area contributed by atoms with Crippen LogP contribution in [0.5, 0.6) is 0 Å². The lowest BCUT2D eigenvalue weighted by molar-refractivity contribution is -0.170. The molecule has 0 unspecified atom stereocenters. The molecule has 0 aliphatic heterocycles. The lowest BCUT2D eigenvalue weighted by Gasteiger charge is -2.32. The molecule has 0 radical (unpaired) electrons. The monoisotopic (exact) mass is 186 g/mol. The first-order valence-corrected chi connectivity index (χ1v) is 4.81. The minimum Gasteiger partial charge on any atom is -0.459 e. The molecule has 2 heteroatoms. The van der Waals surface area contributed by atoms with Gasteiger partial charge < -0.3 is 4.74 Å². The molecule has 0 bridgehead atoms. The van der Waals surface area contributed by atoms with Crippen molar-refractivity contribution in [3.8, 4) is 0 Å². The SMILES string of the molecule is CC(C)C(C)(C)OC(=O)C(C)(C)C. The molecule has 0 aromatic heterocycles. The first-order valence-electron chi connectivity index (χ1n) is 4.81. The fourth-order valence-corrected chi connectivity index (χ4v) is 0.510. The smallest absolute Gasteiger partial charge is 0.311 e. The van der Waals surface area contributed by atoms with Crippen molar-refractivity contribution in [3.63, 3.8) is 0 Å². The molecular weight excluding hydrogens is 164 g/mol. The zero-order chi connectivity index (χ0) is 10.9. The molecule has 0 rings (SSSR count). The van der Waals surface area contributed by atoms with Gasteiger partial charge in [-0.15, -0.1) is 0 Å². The Morgan fingerprint density at radius 2 is 1.46 bits per heavy atom. The van der Waals surface area contributed by atoms with Crippen LogP contribution >= 0.6 is 0 Å². The maximum absolute atomic E-state index is 11.6. The highest BCUT2D eigenvalue weighted by molar-refractivity contribution is 5.75. The van der Waals surface area contributed by atoms with Gasteiger partial charge in [0, 0.05) is 0 Å². The molecule has 0 heterocycles. The van der Waals surface area contributed by atoms with E-state index in [1.165, 1.54) is 0 Å². The van der Waals surface area contributed by atoms with Crippen LogP contribution in [0.3, 0.4) is 0 Å². The molecule has 13 heavy (non-hydrogen) atoms. The number of rotatable bonds is 2. The predicted molar refractivity (Wildman–Crippen MR) is 54.5 cm³/mol. The minimum atomic E-state index is -0.411. The highest BCUT2D eigenvalue weighted by atomic mass is 16.6. The quantitative estimate of drug-likeness (QED) is 0.620. The lowest BCUT2D eigenvalue weighted by atomic mass is 9.92. The molecule has 0 aliphatic rings. The number of carbonyl (C=O) groups is 1. The summed E-state index contributed by atoms with van der Waals surface area (Å²) in [5, 5.41) is 0. The second-order valence-corrected chi connectivity index (χ2v) is 5.40. The predicted octanol–water partition coefficient (Wildman–Crippen LogP) is 3.01. The first-order chi connectivity index (χ1) is 5.57. The van der Waals surface area contributed by atoms with Crippen LogP contribution in [0.25, 0.3) is 0 Å². The molecule has 2 nitrogen and oxygen atoms in total. The molecule has 0 spiro atoms. The molecule has 0 aromatic rings. The van der Waals surface area contributed by atoms with Gasteiger partial charge in [-0.2, -0.15) is 0 Å².